The molecule has 1 aromatic carbocycles. The molecule has 0 saturated carbocycles. The number of imide groups is 1. The van der Waals surface area contributed by atoms with Gasteiger partial charge in [0, 0.05) is 24.8 Å². The van der Waals surface area contributed by atoms with Gasteiger partial charge in [0.15, 0.2) is 0 Å². The first-order valence-corrected chi connectivity index (χ1v) is 6.02. The van der Waals surface area contributed by atoms with Gasteiger partial charge in [-0.15, -0.1) is 0 Å². The minimum Gasteiger partial charge on any atom is -0.326 e. The highest BCUT2D eigenvalue weighted by Gasteiger charge is 2.35. The smallest absolute Gasteiger partial charge is 0.326 e. The molecule has 1 aliphatic heterocycles. The lowest BCUT2D eigenvalue weighted by atomic mass is 10.2. The number of anilines is 2. The SMILES string of the molecule is CCN1C(=O)CN(c2ccc(NC(C)=O)cc2)C1=O. The monoisotopic (exact) mass is 261 g/mol. The molecule has 0 bridgehead atoms. The summed E-state index contributed by atoms with van der Waals surface area (Å²) in [7, 11) is 0. The molecule has 100 valence electrons. The van der Waals surface area contributed by atoms with Gasteiger partial charge < -0.3 is 5.32 Å². The van der Waals surface area contributed by atoms with E-state index in [1.807, 2.05) is 0 Å². The zero-order valence-electron chi connectivity index (χ0n) is 10.8. The molecule has 1 aromatic rings. The van der Waals surface area contributed by atoms with Crippen molar-refractivity contribution in [2.45, 2.75) is 13.8 Å². The lowest BCUT2D eigenvalue weighted by molar-refractivity contribution is -0.124. The van der Waals surface area contributed by atoms with E-state index >= 15 is 0 Å². The summed E-state index contributed by atoms with van der Waals surface area (Å²) in [4.78, 5) is 37.1. The van der Waals surface area contributed by atoms with Crippen molar-refractivity contribution in [1.29, 1.82) is 0 Å². The van der Waals surface area contributed by atoms with Crippen LogP contribution in [-0.4, -0.2) is 35.8 Å². The fourth-order valence-electron chi connectivity index (χ4n) is 1.98. The van der Waals surface area contributed by atoms with Gasteiger partial charge >= 0.3 is 6.03 Å². The molecule has 6 nitrogen and oxygen atoms in total. The van der Waals surface area contributed by atoms with E-state index in [4.69, 9.17) is 0 Å². The Bertz CT molecular complexity index is 524. The van der Waals surface area contributed by atoms with Gasteiger partial charge in [-0.25, -0.2) is 4.79 Å². The molecule has 1 saturated heterocycles. The summed E-state index contributed by atoms with van der Waals surface area (Å²) in [6.07, 6.45) is 0. The van der Waals surface area contributed by atoms with Crippen LogP contribution in [0.4, 0.5) is 16.2 Å². The summed E-state index contributed by atoms with van der Waals surface area (Å²) in [6.45, 7) is 3.62. The largest absolute Gasteiger partial charge is 0.331 e. The molecular weight excluding hydrogens is 246 g/mol. The third kappa shape index (κ3) is 2.57. The second-order valence-corrected chi connectivity index (χ2v) is 4.23. The second kappa shape index (κ2) is 5.09. The maximum atomic E-state index is 12.0. The van der Waals surface area contributed by atoms with Gasteiger partial charge in [0.25, 0.3) is 5.91 Å². The van der Waals surface area contributed by atoms with Crippen molar-refractivity contribution in [2.75, 3.05) is 23.3 Å². The molecular formula is C13H15N3O3. The van der Waals surface area contributed by atoms with E-state index in [2.05, 4.69) is 5.32 Å². The Balaban J connectivity index is 2.17. The van der Waals surface area contributed by atoms with Crippen molar-refractivity contribution < 1.29 is 14.4 Å². The average molecular weight is 261 g/mol. The third-order valence-corrected chi connectivity index (χ3v) is 2.87. The average Bonchev–Trinajstić information content (AvgIpc) is 2.64. The number of urea groups is 1. The van der Waals surface area contributed by atoms with E-state index < -0.39 is 0 Å². The molecule has 19 heavy (non-hydrogen) atoms. The zero-order chi connectivity index (χ0) is 14.0. The summed E-state index contributed by atoms with van der Waals surface area (Å²) in [5.74, 6) is -0.351. The highest BCUT2D eigenvalue weighted by atomic mass is 16.2. The zero-order valence-corrected chi connectivity index (χ0v) is 10.8. The first-order valence-electron chi connectivity index (χ1n) is 6.02. The Hall–Kier alpha value is -2.37. The van der Waals surface area contributed by atoms with Crippen LogP contribution >= 0.6 is 0 Å². The summed E-state index contributed by atoms with van der Waals surface area (Å²) >= 11 is 0. The van der Waals surface area contributed by atoms with Gasteiger partial charge in [-0.05, 0) is 31.2 Å². The van der Waals surface area contributed by atoms with Crippen LogP contribution in [0.1, 0.15) is 13.8 Å². The minimum absolute atomic E-state index is 0.0617. The van der Waals surface area contributed by atoms with Gasteiger partial charge in [-0.3, -0.25) is 19.4 Å². The number of carbonyl (C=O) groups is 3. The molecule has 2 rings (SSSR count). The molecule has 0 unspecified atom stereocenters. The fourth-order valence-corrected chi connectivity index (χ4v) is 1.98. The number of likely N-dealkylation sites (N-methyl/N-ethyl adjacent to an activating group) is 1. The fraction of sp³-hybridized carbons (Fsp3) is 0.308. The van der Waals surface area contributed by atoms with Crippen LogP contribution in [0, 0.1) is 0 Å². The Morgan fingerprint density at radius 1 is 1.26 bits per heavy atom. The predicted molar refractivity (Wildman–Crippen MR) is 70.9 cm³/mol. The van der Waals surface area contributed by atoms with Crippen LogP contribution in [0.5, 0.6) is 0 Å². The van der Waals surface area contributed by atoms with Crippen molar-refractivity contribution in [3.05, 3.63) is 24.3 Å². The molecule has 0 spiro atoms. The van der Waals surface area contributed by atoms with E-state index in [-0.39, 0.29) is 24.4 Å². The Morgan fingerprint density at radius 3 is 2.37 bits per heavy atom. The third-order valence-electron chi connectivity index (χ3n) is 2.87. The van der Waals surface area contributed by atoms with Crippen LogP contribution < -0.4 is 10.2 Å². The van der Waals surface area contributed by atoms with Gasteiger partial charge in [-0.2, -0.15) is 0 Å². The standard InChI is InChI=1S/C13H15N3O3/c1-3-15-12(18)8-16(13(15)19)11-6-4-10(5-7-11)14-9(2)17/h4-7H,3,8H2,1-2H3,(H,14,17). The highest BCUT2D eigenvalue weighted by molar-refractivity contribution is 6.12. The van der Waals surface area contributed by atoms with Gasteiger partial charge in [0.1, 0.15) is 6.54 Å². The van der Waals surface area contributed by atoms with Crippen molar-refractivity contribution >= 4 is 29.2 Å². The van der Waals surface area contributed by atoms with E-state index in [0.717, 1.165) is 0 Å². The summed E-state index contributed by atoms with van der Waals surface area (Å²) in [6, 6.07) is 6.50. The number of benzene rings is 1. The Kier molecular flexibility index (Phi) is 3.50. The van der Waals surface area contributed by atoms with E-state index in [1.165, 1.54) is 16.7 Å². The van der Waals surface area contributed by atoms with Crippen LogP contribution in [-0.2, 0) is 9.59 Å². The summed E-state index contributed by atoms with van der Waals surface area (Å²) in [5.41, 5.74) is 1.30. The van der Waals surface area contributed by atoms with Crippen molar-refractivity contribution in [1.82, 2.24) is 4.90 Å². The van der Waals surface area contributed by atoms with E-state index in [0.29, 0.717) is 17.9 Å². The Labute approximate surface area is 111 Å². The van der Waals surface area contributed by atoms with Crippen molar-refractivity contribution in [3.63, 3.8) is 0 Å². The normalized spacial score (nSPS) is 15.1. The highest BCUT2D eigenvalue weighted by Crippen LogP contribution is 2.22. The van der Waals surface area contributed by atoms with Crippen LogP contribution in [0.15, 0.2) is 24.3 Å². The van der Waals surface area contributed by atoms with Crippen molar-refractivity contribution in [2.24, 2.45) is 0 Å². The van der Waals surface area contributed by atoms with E-state index in [1.54, 1.807) is 31.2 Å². The molecule has 0 radical (unpaired) electrons. The lowest BCUT2D eigenvalue weighted by Crippen LogP contribution is -2.32. The molecule has 1 fully saturated rings. The number of carbonyl (C=O) groups excluding carboxylic acids is 3. The maximum absolute atomic E-state index is 12.0. The maximum Gasteiger partial charge on any atom is 0.331 e. The topological polar surface area (TPSA) is 69.7 Å². The quantitative estimate of drug-likeness (QED) is 0.837. The van der Waals surface area contributed by atoms with Crippen LogP contribution in [0.25, 0.3) is 0 Å². The Morgan fingerprint density at radius 2 is 1.89 bits per heavy atom. The predicted octanol–water partition coefficient (Wildman–Crippen LogP) is 1.43. The molecule has 1 N–H and O–H groups in total. The molecule has 0 atom stereocenters. The van der Waals surface area contributed by atoms with Gasteiger partial charge in [0.05, 0.1) is 0 Å². The summed E-state index contributed by atoms with van der Waals surface area (Å²) < 4.78 is 0. The number of nitrogens with zero attached hydrogens (tertiary/aromatic N) is 2. The number of amides is 4. The lowest BCUT2D eigenvalue weighted by Gasteiger charge is -2.16. The number of rotatable bonds is 3. The van der Waals surface area contributed by atoms with Crippen molar-refractivity contribution in [3.8, 4) is 0 Å². The molecule has 1 heterocycles. The first kappa shape index (κ1) is 13.1. The molecule has 0 aliphatic carbocycles. The second-order valence-electron chi connectivity index (χ2n) is 4.23. The molecule has 4 amide bonds. The number of nitrogens with one attached hydrogen (secondary N) is 1. The minimum atomic E-state index is -0.306. The number of hydrogen-bond donors (Lipinski definition) is 1. The summed E-state index contributed by atoms with van der Waals surface area (Å²) in [5, 5.41) is 2.64. The molecule has 6 heteroatoms. The first-order chi connectivity index (χ1) is 9.02. The van der Waals surface area contributed by atoms with Gasteiger partial charge in [0.2, 0.25) is 5.91 Å². The van der Waals surface area contributed by atoms with Gasteiger partial charge in [-0.1, -0.05) is 0 Å². The van der Waals surface area contributed by atoms with E-state index in [9.17, 15) is 14.4 Å². The molecule has 0 aromatic heterocycles. The number of hydrogen-bond acceptors (Lipinski definition) is 3. The van der Waals surface area contributed by atoms with Crippen LogP contribution in [0.3, 0.4) is 0 Å². The molecule has 1 aliphatic rings. The van der Waals surface area contributed by atoms with Crippen LogP contribution in [0.2, 0.25) is 0 Å².